The highest BCUT2D eigenvalue weighted by molar-refractivity contribution is 5.78. The molecule has 3 N–H and O–H groups in total. The summed E-state index contributed by atoms with van der Waals surface area (Å²) in [4.78, 5) is 30.1. The molecule has 8 heteroatoms. The SMILES string of the molecule is CCC(C)NC(=O)CCNC(=O)NCc1ccnc(N2CCOCC2)c1. The molecule has 0 aliphatic carbocycles. The number of urea groups is 1. The molecule has 0 spiro atoms. The molecule has 1 unspecified atom stereocenters. The van der Waals surface area contributed by atoms with Crippen molar-refractivity contribution in [3.8, 4) is 0 Å². The van der Waals surface area contributed by atoms with Crippen molar-refractivity contribution in [3.05, 3.63) is 23.9 Å². The van der Waals surface area contributed by atoms with Crippen molar-refractivity contribution in [3.63, 3.8) is 0 Å². The molecule has 1 aliphatic rings. The summed E-state index contributed by atoms with van der Waals surface area (Å²) in [6, 6.07) is 3.73. The largest absolute Gasteiger partial charge is 0.378 e. The van der Waals surface area contributed by atoms with E-state index in [1.807, 2.05) is 26.0 Å². The maximum absolute atomic E-state index is 11.9. The molecular formula is C18H29N5O3. The van der Waals surface area contributed by atoms with Crippen LogP contribution in [0.1, 0.15) is 32.3 Å². The van der Waals surface area contributed by atoms with Gasteiger partial charge in [0.2, 0.25) is 5.91 Å². The van der Waals surface area contributed by atoms with Gasteiger partial charge in [-0.05, 0) is 31.0 Å². The fraction of sp³-hybridized carbons (Fsp3) is 0.611. The van der Waals surface area contributed by atoms with Crippen LogP contribution in [-0.2, 0) is 16.1 Å². The second kappa shape index (κ2) is 10.6. The topological polar surface area (TPSA) is 95.6 Å². The lowest BCUT2D eigenvalue weighted by Crippen LogP contribution is -2.39. The average Bonchev–Trinajstić information content (AvgIpc) is 2.67. The normalized spacial score (nSPS) is 15.2. The maximum atomic E-state index is 11.9. The van der Waals surface area contributed by atoms with Gasteiger partial charge >= 0.3 is 6.03 Å². The number of amides is 3. The standard InChI is InChI=1S/C18H29N5O3/c1-3-14(2)22-17(24)5-7-20-18(25)21-13-15-4-6-19-16(12-15)23-8-10-26-11-9-23/h4,6,12,14H,3,5,7-11,13H2,1-2H3,(H,22,24)(H2,20,21,25). The molecule has 1 aliphatic heterocycles. The summed E-state index contributed by atoms with van der Waals surface area (Å²) in [6.45, 7) is 7.74. The number of pyridine rings is 1. The van der Waals surface area contributed by atoms with Gasteiger partial charge in [-0.15, -0.1) is 0 Å². The zero-order valence-electron chi connectivity index (χ0n) is 15.6. The van der Waals surface area contributed by atoms with Gasteiger partial charge in [0.05, 0.1) is 13.2 Å². The number of aromatic nitrogens is 1. The van der Waals surface area contributed by atoms with Crippen LogP contribution in [0.15, 0.2) is 18.3 Å². The molecule has 1 fully saturated rings. The lowest BCUT2D eigenvalue weighted by molar-refractivity contribution is -0.121. The zero-order valence-corrected chi connectivity index (χ0v) is 15.6. The van der Waals surface area contributed by atoms with Gasteiger partial charge in [0, 0.05) is 44.8 Å². The van der Waals surface area contributed by atoms with Crippen molar-refractivity contribution in [2.24, 2.45) is 0 Å². The van der Waals surface area contributed by atoms with E-state index in [9.17, 15) is 9.59 Å². The highest BCUT2D eigenvalue weighted by atomic mass is 16.5. The first-order chi connectivity index (χ1) is 12.6. The van der Waals surface area contributed by atoms with Gasteiger partial charge in [0.1, 0.15) is 5.82 Å². The molecular weight excluding hydrogens is 334 g/mol. The number of hydrogen-bond acceptors (Lipinski definition) is 5. The Balaban J connectivity index is 1.69. The van der Waals surface area contributed by atoms with E-state index in [0.29, 0.717) is 26.3 Å². The number of nitrogens with zero attached hydrogens (tertiary/aromatic N) is 2. The van der Waals surface area contributed by atoms with Crippen LogP contribution < -0.4 is 20.9 Å². The monoisotopic (exact) mass is 363 g/mol. The third-order valence-corrected chi connectivity index (χ3v) is 4.26. The smallest absolute Gasteiger partial charge is 0.315 e. The van der Waals surface area contributed by atoms with Gasteiger partial charge < -0.3 is 25.6 Å². The zero-order chi connectivity index (χ0) is 18.8. The van der Waals surface area contributed by atoms with Gasteiger partial charge in [-0.3, -0.25) is 4.79 Å². The Labute approximate surface area is 154 Å². The Morgan fingerprint density at radius 3 is 2.81 bits per heavy atom. The summed E-state index contributed by atoms with van der Waals surface area (Å²) in [5, 5.41) is 8.37. The second-order valence-corrected chi connectivity index (χ2v) is 6.36. The Kier molecular flexibility index (Phi) is 8.14. The van der Waals surface area contributed by atoms with E-state index in [2.05, 4.69) is 25.8 Å². The Morgan fingerprint density at radius 1 is 1.31 bits per heavy atom. The minimum absolute atomic E-state index is 0.0519. The molecule has 0 saturated carbocycles. The van der Waals surface area contributed by atoms with Gasteiger partial charge in [-0.2, -0.15) is 0 Å². The van der Waals surface area contributed by atoms with Crippen molar-refractivity contribution in [2.75, 3.05) is 37.7 Å². The second-order valence-electron chi connectivity index (χ2n) is 6.36. The van der Waals surface area contributed by atoms with Crippen LogP contribution >= 0.6 is 0 Å². The molecule has 3 amide bonds. The summed E-state index contributed by atoms with van der Waals surface area (Å²) in [7, 11) is 0. The first-order valence-corrected chi connectivity index (χ1v) is 9.17. The number of carbonyl (C=O) groups excluding carboxylic acids is 2. The Morgan fingerprint density at radius 2 is 2.08 bits per heavy atom. The summed E-state index contributed by atoms with van der Waals surface area (Å²) in [6.07, 6.45) is 2.91. The van der Waals surface area contributed by atoms with Crippen LogP contribution in [0.25, 0.3) is 0 Å². The molecule has 2 rings (SSSR count). The highest BCUT2D eigenvalue weighted by Crippen LogP contribution is 2.14. The average molecular weight is 363 g/mol. The summed E-state index contributed by atoms with van der Waals surface area (Å²) in [5.41, 5.74) is 0.978. The maximum Gasteiger partial charge on any atom is 0.315 e. The van der Waals surface area contributed by atoms with Crippen LogP contribution in [0.5, 0.6) is 0 Å². The van der Waals surface area contributed by atoms with Crippen molar-refractivity contribution < 1.29 is 14.3 Å². The van der Waals surface area contributed by atoms with E-state index in [1.54, 1.807) is 6.20 Å². The minimum atomic E-state index is -0.286. The number of carbonyl (C=O) groups is 2. The van der Waals surface area contributed by atoms with E-state index in [1.165, 1.54) is 0 Å². The lowest BCUT2D eigenvalue weighted by Gasteiger charge is -2.28. The molecule has 0 bridgehead atoms. The number of rotatable bonds is 8. The van der Waals surface area contributed by atoms with E-state index in [0.717, 1.165) is 30.9 Å². The molecule has 0 aromatic carbocycles. The molecule has 1 saturated heterocycles. The predicted molar refractivity (Wildman–Crippen MR) is 100 cm³/mol. The quantitative estimate of drug-likeness (QED) is 0.641. The lowest BCUT2D eigenvalue weighted by atomic mass is 10.2. The van der Waals surface area contributed by atoms with Gasteiger partial charge in [-0.25, -0.2) is 9.78 Å². The van der Waals surface area contributed by atoms with Crippen molar-refractivity contribution in [1.29, 1.82) is 0 Å². The summed E-state index contributed by atoms with van der Waals surface area (Å²) in [5.74, 6) is 0.846. The van der Waals surface area contributed by atoms with Crippen molar-refractivity contribution in [2.45, 2.75) is 39.3 Å². The van der Waals surface area contributed by atoms with E-state index in [-0.39, 0.29) is 24.4 Å². The van der Waals surface area contributed by atoms with Crippen LogP contribution in [0.2, 0.25) is 0 Å². The molecule has 1 aromatic rings. The first-order valence-electron chi connectivity index (χ1n) is 9.17. The van der Waals surface area contributed by atoms with E-state index >= 15 is 0 Å². The van der Waals surface area contributed by atoms with Crippen LogP contribution in [0, 0.1) is 0 Å². The summed E-state index contributed by atoms with van der Waals surface area (Å²) < 4.78 is 5.35. The number of ether oxygens (including phenoxy) is 1. The van der Waals surface area contributed by atoms with Gasteiger partial charge in [-0.1, -0.05) is 6.92 Å². The third kappa shape index (κ3) is 6.87. The van der Waals surface area contributed by atoms with E-state index in [4.69, 9.17) is 4.74 Å². The molecule has 8 nitrogen and oxygen atoms in total. The van der Waals surface area contributed by atoms with Crippen LogP contribution in [0.3, 0.4) is 0 Å². The van der Waals surface area contributed by atoms with Gasteiger partial charge in [0.25, 0.3) is 0 Å². The first kappa shape index (κ1) is 20.0. The highest BCUT2D eigenvalue weighted by Gasteiger charge is 2.12. The van der Waals surface area contributed by atoms with Crippen LogP contribution in [0.4, 0.5) is 10.6 Å². The summed E-state index contributed by atoms with van der Waals surface area (Å²) >= 11 is 0. The number of anilines is 1. The number of morpholine rings is 1. The fourth-order valence-electron chi connectivity index (χ4n) is 2.52. The molecule has 0 radical (unpaired) electrons. The van der Waals surface area contributed by atoms with Crippen molar-refractivity contribution >= 4 is 17.8 Å². The fourth-order valence-corrected chi connectivity index (χ4v) is 2.52. The van der Waals surface area contributed by atoms with Crippen LogP contribution in [-0.4, -0.2) is 55.8 Å². The Hall–Kier alpha value is -2.35. The van der Waals surface area contributed by atoms with E-state index < -0.39 is 0 Å². The molecule has 1 aromatic heterocycles. The number of nitrogens with one attached hydrogen (secondary N) is 3. The van der Waals surface area contributed by atoms with Gasteiger partial charge in [0.15, 0.2) is 0 Å². The third-order valence-electron chi connectivity index (χ3n) is 4.26. The molecule has 26 heavy (non-hydrogen) atoms. The Bertz CT molecular complexity index is 590. The molecule has 144 valence electrons. The van der Waals surface area contributed by atoms with Crippen molar-refractivity contribution in [1.82, 2.24) is 20.9 Å². The number of hydrogen-bond donors (Lipinski definition) is 3. The predicted octanol–water partition coefficient (Wildman–Crippen LogP) is 1.02. The minimum Gasteiger partial charge on any atom is -0.378 e. The molecule has 1 atom stereocenters. The molecule has 2 heterocycles.